The van der Waals surface area contributed by atoms with Crippen molar-refractivity contribution in [2.24, 2.45) is 11.7 Å². The van der Waals surface area contributed by atoms with Crippen molar-refractivity contribution >= 4 is 0 Å². The van der Waals surface area contributed by atoms with E-state index in [0.717, 1.165) is 5.56 Å². The molecule has 0 aliphatic heterocycles. The molecule has 0 spiro atoms. The SMILES string of the molecule is CC(C)[C@H](N)c1ccc(CO)nc1. The third-order valence-corrected chi connectivity index (χ3v) is 2.11. The number of hydrogen-bond donors (Lipinski definition) is 2. The van der Waals surface area contributed by atoms with Crippen molar-refractivity contribution in [2.45, 2.75) is 26.5 Å². The molecule has 0 aliphatic carbocycles. The highest BCUT2D eigenvalue weighted by Crippen LogP contribution is 2.17. The third kappa shape index (κ3) is 2.50. The van der Waals surface area contributed by atoms with Crippen LogP contribution in [0.5, 0.6) is 0 Å². The second kappa shape index (κ2) is 4.35. The first-order valence-electron chi connectivity index (χ1n) is 4.46. The Morgan fingerprint density at radius 3 is 2.54 bits per heavy atom. The molecule has 0 radical (unpaired) electrons. The molecule has 1 aromatic rings. The average molecular weight is 180 g/mol. The molecule has 0 fully saturated rings. The standard InChI is InChI=1S/C10H16N2O/c1-7(2)10(11)8-3-4-9(6-13)12-5-8/h3-5,7,10,13H,6,11H2,1-2H3/t10-/m0/s1. The fourth-order valence-corrected chi connectivity index (χ4v) is 1.11. The predicted molar refractivity (Wildman–Crippen MR) is 51.9 cm³/mol. The Labute approximate surface area is 78.6 Å². The van der Waals surface area contributed by atoms with Gasteiger partial charge in [-0.05, 0) is 17.5 Å². The van der Waals surface area contributed by atoms with Crippen LogP contribution in [0.1, 0.15) is 31.1 Å². The molecule has 3 N–H and O–H groups in total. The highest BCUT2D eigenvalue weighted by atomic mass is 16.3. The van der Waals surface area contributed by atoms with E-state index in [1.54, 1.807) is 12.3 Å². The average Bonchev–Trinajstić information content (AvgIpc) is 2.17. The maximum absolute atomic E-state index is 8.78. The van der Waals surface area contributed by atoms with Gasteiger partial charge >= 0.3 is 0 Å². The molecule has 0 saturated heterocycles. The molecule has 1 heterocycles. The van der Waals surface area contributed by atoms with E-state index < -0.39 is 0 Å². The van der Waals surface area contributed by atoms with Gasteiger partial charge in [0, 0.05) is 12.2 Å². The van der Waals surface area contributed by atoms with Crippen LogP contribution in [0.15, 0.2) is 18.3 Å². The minimum Gasteiger partial charge on any atom is -0.390 e. The highest BCUT2D eigenvalue weighted by Gasteiger charge is 2.09. The Morgan fingerprint density at radius 1 is 1.46 bits per heavy atom. The van der Waals surface area contributed by atoms with E-state index in [2.05, 4.69) is 18.8 Å². The van der Waals surface area contributed by atoms with Crippen molar-refractivity contribution in [3.8, 4) is 0 Å². The summed E-state index contributed by atoms with van der Waals surface area (Å²) in [5.74, 6) is 0.404. The quantitative estimate of drug-likeness (QED) is 0.735. The van der Waals surface area contributed by atoms with Gasteiger partial charge in [-0.15, -0.1) is 0 Å². The van der Waals surface area contributed by atoms with Crippen LogP contribution in [0, 0.1) is 5.92 Å². The van der Waals surface area contributed by atoms with Crippen molar-refractivity contribution in [1.82, 2.24) is 4.98 Å². The first kappa shape index (κ1) is 10.2. The van der Waals surface area contributed by atoms with Crippen molar-refractivity contribution in [3.05, 3.63) is 29.6 Å². The van der Waals surface area contributed by atoms with Crippen molar-refractivity contribution in [2.75, 3.05) is 0 Å². The zero-order chi connectivity index (χ0) is 9.84. The van der Waals surface area contributed by atoms with E-state index in [4.69, 9.17) is 10.8 Å². The predicted octanol–water partition coefficient (Wildman–Crippen LogP) is 1.23. The number of nitrogens with two attached hydrogens (primary N) is 1. The molecule has 0 amide bonds. The fraction of sp³-hybridized carbons (Fsp3) is 0.500. The lowest BCUT2D eigenvalue weighted by molar-refractivity contribution is 0.276. The Hall–Kier alpha value is -0.930. The van der Waals surface area contributed by atoms with Gasteiger partial charge in [-0.3, -0.25) is 4.98 Å². The summed E-state index contributed by atoms with van der Waals surface area (Å²) < 4.78 is 0. The minimum absolute atomic E-state index is 0.0167. The Balaban J connectivity index is 2.79. The van der Waals surface area contributed by atoms with Gasteiger partial charge in [0.2, 0.25) is 0 Å². The third-order valence-electron chi connectivity index (χ3n) is 2.11. The molecule has 0 aliphatic rings. The second-order valence-corrected chi connectivity index (χ2v) is 3.51. The van der Waals surface area contributed by atoms with Crippen LogP contribution in [-0.2, 0) is 6.61 Å². The summed E-state index contributed by atoms with van der Waals surface area (Å²) >= 11 is 0. The Kier molecular flexibility index (Phi) is 3.39. The molecule has 0 saturated carbocycles. The summed E-state index contributed by atoms with van der Waals surface area (Å²) in [7, 11) is 0. The maximum atomic E-state index is 8.78. The van der Waals surface area contributed by atoms with Crippen LogP contribution >= 0.6 is 0 Å². The zero-order valence-electron chi connectivity index (χ0n) is 8.07. The Morgan fingerprint density at radius 2 is 2.15 bits per heavy atom. The number of aromatic nitrogens is 1. The monoisotopic (exact) mass is 180 g/mol. The van der Waals surface area contributed by atoms with Gasteiger partial charge in [-0.25, -0.2) is 0 Å². The molecule has 72 valence electrons. The summed E-state index contributed by atoms with van der Waals surface area (Å²) in [5.41, 5.74) is 7.63. The zero-order valence-corrected chi connectivity index (χ0v) is 8.07. The van der Waals surface area contributed by atoms with Gasteiger partial charge < -0.3 is 10.8 Å². The van der Waals surface area contributed by atoms with E-state index in [-0.39, 0.29) is 12.6 Å². The summed E-state index contributed by atoms with van der Waals surface area (Å²) in [6, 6.07) is 3.75. The number of pyridine rings is 1. The van der Waals surface area contributed by atoms with E-state index in [9.17, 15) is 0 Å². The maximum Gasteiger partial charge on any atom is 0.0852 e. The van der Waals surface area contributed by atoms with E-state index >= 15 is 0 Å². The normalized spacial score (nSPS) is 13.3. The smallest absolute Gasteiger partial charge is 0.0852 e. The summed E-state index contributed by atoms with van der Waals surface area (Å²) in [5, 5.41) is 8.78. The van der Waals surface area contributed by atoms with Gasteiger partial charge in [0.25, 0.3) is 0 Å². The highest BCUT2D eigenvalue weighted by molar-refractivity contribution is 5.17. The van der Waals surface area contributed by atoms with Gasteiger partial charge in [-0.1, -0.05) is 19.9 Å². The van der Waals surface area contributed by atoms with Gasteiger partial charge in [0.15, 0.2) is 0 Å². The first-order chi connectivity index (χ1) is 6.15. The molecule has 1 aromatic heterocycles. The number of hydrogen-bond acceptors (Lipinski definition) is 3. The molecule has 3 nitrogen and oxygen atoms in total. The van der Waals surface area contributed by atoms with Crippen LogP contribution in [0.4, 0.5) is 0 Å². The largest absolute Gasteiger partial charge is 0.390 e. The lowest BCUT2D eigenvalue weighted by Crippen LogP contribution is -2.16. The second-order valence-electron chi connectivity index (χ2n) is 3.51. The van der Waals surface area contributed by atoms with Crippen LogP contribution in [0.2, 0.25) is 0 Å². The summed E-state index contributed by atoms with van der Waals surface area (Å²) in [4.78, 5) is 4.07. The number of aliphatic hydroxyl groups is 1. The molecule has 13 heavy (non-hydrogen) atoms. The molecule has 1 atom stereocenters. The van der Waals surface area contributed by atoms with Gasteiger partial charge in [0.1, 0.15) is 0 Å². The van der Waals surface area contributed by atoms with E-state index in [0.29, 0.717) is 11.6 Å². The molecule has 0 aromatic carbocycles. The number of aliphatic hydroxyl groups excluding tert-OH is 1. The fourth-order valence-electron chi connectivity index (χ4n) is 1.11. The summed E-state index contributed by atoms with van der Waals surface area (Å²) in [6.45, 7) is 4.13. The van der Waals surface area contributed by atoms with Crippen LogP contribution in [0.25, 0.3) is 0 Å². The molecule has 3 heteroatoms. The van der Waals surface area contributed by atoms with E-state index in [1.165, 1.54) is 0 Å². The van der Waals surface area contributed by atoms with Gasteiger partial charge in [0.05, 0.1) is 12.3 Å². The molecule has 0 bridgehead atoms. The van der Waals surface area contributed by atoms with Gasteiger partial charge in [-0.2, -0.15) is 0 Å². The van der Waals surface area contributed by atoms with Crippen molar-refractivity contribution in [3.63, 3.8) is 0 Å². The van der Waals surface area contributed by atoms with Crippen molar-refractivity contribution < 1.29 is 5.11 Å². The van der Waals surface area contributed by atoms with E-state index in [1.807, 2.05) is 6.07 Å². The van der Waals surface area contributed by atoms with Crippen LogP contribution in [-0.4, -0.2) is 10.1 Å². The van der Waals surface area contributed by atoms with Crippen LogP contribution in [0.3, 0.4) is 0 Å². The molecular formula is C10H16N2O. The summed E-state index contributed by atoms with van der Waals surface area (Å²) in [6.07, 6.45) is 1.73. The number of nitrogens with zero attached hydrogens (tertiary/aromatic N) is 1. The topological polar surface area (TPSA) is 59.1 Å². The Bertz CT molecular complexity index is 256. The van der Waals surface area contributed by atoms with Crippen LogP contribution < -0.4 is 5.73 Å². The lowest BCUT2D eigenvalue weighted by Gasteiger charge is -2.15. The lowest BCUT2D eigenvalue weighted by atomic mass is 9.98. The number of rotatable bonds is 3. The molecule has 0 unspecified atom stereocenters. The van der Waals surface area contributed by atoms with Crippen molar-refractivity contribution in [1.29, 1.82) is 0 Å². The molecular weight excluding hydrogens is 164 g/mol. The minimum atomic E-state index is -0.0167. The first-order valence-corrected chi connectivity index (χ1v) is 4.46. The molecule has 1 rings (SSSR count).